The molecule has 2 aliphatic rings. The van der Waals surface area contributed by atoms with E-state index < -0.39 is 5.60 Å². The molecule has 0 heterocycles. The van der Waals surface area contributed by atoms with Crippen LogP contribution in [0.15, 0.2) is 18.2 Å². The third-order valence-corrected chi connectivity index (χ3v) is 4.06. The zero-order chi connectivity index (χ0) is 11.9. The molecule has 2 nitrogen and oxygen atoms in total. The van der Waals surface area contributed by atoms with E-state index in [9.17, 15) is 5.11 Å². The fourth-order valence-electron chi connectivity index (χ4n) is 2.20. The average molecular weight is 253 g/mol. The lowest BCUT2D eigenvalue weighted by atomic mass is 9.86. The molecule has 1 N–H and O–H groups in total. The van der Waals surface area contributed by atoms with Gasteiger partial charge in [-0.3, -0.25) is 0 Å². The molecule has 0 aromatic heterocycles. The van der Waals surface area contributed by atoms with E-state index in [1.165, 1.54) is 19.3 Å². The molecular weight excluding hydrogens is 236 g/mol. The maximum atomic E-state index is 10.1. The number of benzene rings is 1. The van der Waals surface area contributed by atoms with E-state index in [-0.39, 0.29) is 0 Å². The van der Waals surface area contributed by atoms with Crippen molar-refractivity contribution in [1.29, 1.82) is 0 Å². The highest BCUT2D eigenvalue weighted by atomic mass is 35.5. The Morgan fingerprint density at radius 3 is 2.65 bits per heavy atom. The maximum Gasteiger partial charge on any atom is 0.121 e. The topological polar surface area (TPSA) is 29.5 Å². The summed E-state index contributed by atoms with van der Waals surface area (Å²) in [6.07, 6.45) is 5.54. The summed E-state index contributed by atoms with van der Waals surface area (Å²) in [5.74, 6) is 1.50. The average Bonchev–Trinajstić information content (AvgIpc) is 2.95. The second-order valence-electron chi connectivity index (χ2n) is 5.32. The molecule has 1 aromatic rings. The van der Waals surface area contributed by atoms with Crippen molar-refractivity contribution in [3.05, 3.63) is 28.8 Å². The van der Waals surface area contributed by atoms with Gasteiger partial charge in [-0.15, -0.1) is 0 Å². The number of rotatable bonds is 4. The minimum absolute atomic E-state index is 0.639. The normalized spacial score (nSPS) is 22.0. The summed E-state index contributed by atoms with van der Waals surface area (Å²) >= 11 is 6.06. The van der Waals surface area contributed by atoms with Crippen molar-refractivity contribution < 1.29 is 9.84 Å². The molecule has 0 unspecified atom stereocenters. The van der Waals surface area contributed by atoms with Crippen LogP contribution in [0.3, 0.4) is 0 Å². The molecule has 2 fully saturated rings. The highest BCUT2D eigenvalue weighted by Gasteiger charge is 2.42. The van der Waals surface area contributed by atoms with Gasteiger partial charge in [0, 0.05) is 5.02 Å². The number of hydrogen-bond acceptors (Lipinski definition) is 2. The molecule has 0 radical (unpaired) electrons. The van der Waals surface area contributed by atoms with Gasteiger partial charge in [-0.25, -0.2) is 0 Å². The second kappa shape index (κ2) is 4.18. The van der Waals surface area contributed by atoms with Crippen molar-refractivity contribution in [3.8, 4) is 5.75 Å². The van der Waals surface area contributed by atoms with E-state index in [2.05, 4.69) is 0 Å². The summed E-state index contributed by atoms with van der Waals surface area (Å²) < 4.78 is 5.76. The van der Waals surface area contributed by atoms with Crippen LogP contribution in [0.1, 0.15) is 37.7 Å². The van der Waals surface area contributed by atoms with Crippen LogP contribution in [0.25, 0.3) is 0 Å². The first kappa shape index (κ1) is 11.4. The standard InChI is InChI=1S/C14H17ClO2/c15-12-6-11(14(16)4-5-14)7-13(8-12)17-9-10-2-1-3-10/h6-8,10,16H,1-5,9H2. The maximum absolute atomic E-state index is 10.1. The predicted molar refractivity (Wildman–Crippen MR) is 67.4 cm³/mol. The van der Waals surface area contributed by atoms with Gasteiger partial charge in [0.15, 0.2) is 0 Å². The van der Waals surface area contributed by atoms with Gasteiger partial charge in [-0.2, -0.15) is 0 Å². The van der Waals surface area contributed by atoms with Crippen LogP contribution in [0.5, 0.6) is 5.75 Å². The molecule has 1 aromatic carbocycles. The minimum atomic E-state index is -0.639. The lowest BCUT2D eigenvalue weighted by Gasteiger charge is -2.25. The molecule has 2 saturated carbocycles. The molecule has 3 rings (SSSR count). The minimum Gasteiger partial charge on any atom is -0.493 e. The highest BCUT2D eigenvalue weighted by Crippen LogP contribution is 2.46. The van der Waals surface area contributed by atoms with Crippen molar-refractivity contribution in [3.63, 3.8) is 0 Å². The monoisotopic (exact) mass is 252 g/mol. The summed E-state index contributed by atoms with van der Waals surface area (Å²) in [6, 6.07) is 5.60. The zero-order valence-electron chi connectivity index (χ0n) is 9.79. The third-order valence-electron chi connectivity index (χ3n) is 3.84. The van der Waals surface area contributed by atoms with Crippen molar-refractivity contribution in [1.82, 2.24) is 0 Å². The van der Waals surface area contributed by atoms with Gasteiger partial charge in [-0.05, 0) is 55.4 Å². The summed E-state index contributed by atoms with van der Waals surface area (Å²) in [7, 11) is 0. The third kappa shape index (κ3) is 2.43. The molecule has 0 spiro atoms. The van der Waals surface area contributed by atoms with Crippen LogP contribution < -0.4 is 4.74 Å². The van der Waals surface area contributed by atoms with Gasteiger partial charge in [-0.1, -0.05) is 18.0 Å². The van der Waals surface area contributed by atoms with Gasteiger partial charge in [0.1, 0.15) is 5.75 Å². The summed E-state index contributed by atoms with van der Waals surface area (Å²) in [4.78, 5) is 0. The van der Waals surface area contributed by atoms with E-state index in [0.717, 1.165) is 30.8 Å². The van der Waals surface area contributed by atoms with Gasteiger partial charge in [0.2, 0.25) is 0 Å². The Balaban J connectivity index is 1.72. The summed E-state index contributed by atoms with van der Waals surface area (Å²) in [5, 5.41) is 10.7. The van der Waals surface area contributed by atoms with Crippen LogP contribution in [0.2, 0.25) is 5.02 Å². The first-order chi connectivity index (χ1) is 8.16. The largest absolute Gasteiger partial charge is 0.493 e. The smallest absolute Gasteiger partial charge is 0.121 e. The molecule has 2 aliphatic carbocycles. The zero-order valence-corrected chi connectivity index (χ0v) is 10.5. The van der Waals surface area contributed by atoms with E-state index in [4.69, 9.17) is 16.3 Å². The van der Waals surface area contributed by atoms with Crippen LogP contribution >= 0.6 is 11.6 Å². The fourth-order valence-corrected chi connectivity index (χ4v) is 2.42. The molecule has 17 heavy (non-hydrogen) atoms. The first-order valence-electron chi connectivity index (χ1n) is 6.32. The molecule has 0 aliphatic heterocycles. The Bertz CT molecular complexity index is 422. The lowest BCUT2D eigenvalue weighted by molar-refractivity contribution is 0.149. The Morgan fingerprint density at radius 2 is 2.06 bits per heavy atom. The van der Waals surface area contributed by atoms with Crippen molar-refractivity contribution in [2.75, 3.05) is 6.61 Å². The van der Waals surface area contributed by atoms with Gasteiger partial charge < -0.3 is 9.84 Å². The number of ether oxygens (including phenoxy) is 1. The summed E-state index contributed by atoms with van der Waals surface area (Å²) in [6.45, 7) is 0.776. The lowest BCUT2D eigenvalue weighted by Crippen LogP contribution is -2.19. The Morgan fingerprint density at radius 1 is 1.29 bits per heavy atom. The van der Waals surface area contributed by atoms with Gasteiger partial charge >= 0.3 is 0 Å². The van der Waals surface area contributed by atoms with Crippen molar-refractivity contribution in [2.45, 2.75) is 37.7 Å². The summed E-state index contributed by atoms with van der Waals surface area (Å²) in [5.41, 5.74) is 0.257. The second-order valence-corrected chi connectivity index (χ2v) is 5.75. The molecule has 92 valence electrons. The molecule has 0 atom stereocenters. The number of aliphatic hydroxyl groups is 1. The molecule has 0 saturated heterocycles. The van der Waals surface area contributed by atoms with Crippen LogP contribution in [0, 0.1) is 5.92 Å². The molecule has 3 heteroatoms. The Hall–Kier alpha value is -0.730. The van der Waals surface area contributed by atoms with Crippen LogP contribution in [0.4, 0.5) is 0 Å². The van der Waals surface area contributed by atoms with Crippen molar-refractivity contribution >= 4 is 11.6 Å². The quantitative estimate of drug-likeness (QED) is 0.889. The van der Waals surface area contributed by atoms with Crippen LogP contribution in [-0.2, 0) is 5.60 Å². The van der Waals surface area contributed by atoms with Crippen LogP contribution in [-0.4, -0.2) is 11.7 Å². The molecular formula is C14H17ClO2. The van der Waals surface area contributed by atoms with E-state index >= 15 is 0 Å². The van der Waals surface area contributed by atoms with E-state index in [0.29, 0.717) is 10.9 Å². The predicted octanol–water partition coefficient (Wildman–Crippen LogP) is 3.50. The highest BCUT2D eigenvalue weighted by molar-refractivity contribution is 6.30. The Kier molecular flexibility index (Phi) is 2.80. The first-order valence-corrected chi connectivity index (χ1v) is 6.70. The fraction of sp³-hybridized carbons (Fsp3) is 0.571. The van der Waals surface area contributed by atoms with Gasteiger partial charge in [0.05, 0.1) is 12.2 Å². The molecule has 0 bridgehead atoms. The van der Waals surface area contributed by atoms with Crippen molar-refractivity contribution in [2.24, 2.45) is 5.92 Å². The van der Waals surface area contributed by atoms with E-state index in [1.807, 2.05) is 18.2 Å². The molecule has 0 amide bonds. The van der Waals surface area contributed by atoms with Gasteiger partial charge in [0.25, 0.3) is 0 Å². The number of hydrogen-bond donors (Lipinski definition) is 1. The van der Waals surface area contributed by atoms with E-state index in [1.54, 1.807) is 0 Å². The Labute approximate surface area is 107 Å². The SMILES string of the molecule is OC1(c2cc(Cl)cc(OCC3CCC3)c2)CC1. The number of halogens is 1.